The number of morpholine rings is 1. The van der Waals surface area contributed by atoms with E-state index in [9.17, 15) is 0 Å². The van der Waals surface area contributed by atoms with Gasteiger partial charge in [-0.3, -0.25) is 0 Å². The summed E-state index contributed by atoms with van der Waals surface area (Å²) in [5.74, 6) is 2.32. The molecule has 0 radical (unpaired) electrons. The lowest BCUT2D eigenvalue weighted by molar-refractivity contribution is 0.0529. The normalized spacial score (nSPS) is 18.1. The van der Waals surface area contributed by atoms with Gasteiger partial charge in [-0.15, -0.1) is 35.3 Å². The molecule has 2 aromatic rings. The van der Waals surface area contributed by atoms with E-state index in [0.29, 0.717) is 12.5 Å². The number of guanidine groups is 1. The molecule has 0 amide bonds. The van der Waals surface area contributed by atoms with Gasteiger partial charge in [-0.05, 0) is 36.9 Å². The minimum atomic E-state index is 0. The van der Waals surface area contributed by atoms with Crippen molar-refractivity contribution in [3.8, 4) is 0 Å². The van der Waals surface area contributed by atoms with Gasteiger partial charge in [0.1, 0.15) is 5.82 Å². The van der Waals surface area contributed by atoms with Gasteiger partial charge in [0, 0.05) is 43.2 Å². The SMILES string of the molecule is CCNC(=NCc1ccc(N2CCOC(C)C2)nc1)NCC(C)c1cccs1.I. The lowest BCUT2D eigenvalue weighted by Crippen LogP contribution is -2.41. The Labute approximate surface area is 195 Å². The third kappa shape index (κ3) is 7.42. The molecule has 0 spiro atoms. The van der Waals surface area contributed by atoms with Crippen molar-refractivity contribution in [3.05, 3.63) is 46.3 Å². The number of aromatic nitrogens is 1. The van der Waals surface area contributed by atoms with Crippen molar-refractivity contribution in [2.24, 2.45) is 4.99 Å². The summed E-state index contributed by atoms with van der Waals surface area (Å²) in [6, 6.07) is 8.49. The van der Waals surface area contributed by atoms with E-state index in [4.69, 9.17) is 9.73 Å². The number of anilines is 1. The van der Waals surface area contributed by atoms with E-state index >= 15 is 0 Å². The minimum Gasteiger partial charge on any atom is -0.375 e. The average Bonchev–Trinajstić information content (AvgIpc) is 3.25. The third-order valence-electron chi connectivity index (χ3n) is 4.74. The van der Waals surface area contributed by atoms with Crippen LogP contribution in [0.5, 0.6) is 0 Å². The Kier molecular flexibility index (Phi) is 10.2. The van der Waals surface area contributed by atoms with Crippen LogP contribution in [-0.2, 0) is 11.3 Å². The highest BCUT2D eigenvalue weighted by Crippen LogP contribution is 2.19. The molecule has 1 fully saturated rings. The molecule has 3 rings (SSSR count). The molecule has 6 nitrogen and oxygen atoms in total. The topological polar surface area (TPSA) is 61.8 Å². The Bertz CT molecular complexity index is 738. The highest BCUT2D eigenvalue weighted by Gasteiger charge is 2.17. The number of nitrogens with zero attached hydrogens (tertiary/aromatic N) is 3. The van der Waals surface area contributed by atoms with Gasteiger partial charge in [0.25, 0.3) is 0 Å². The van der Waals surface area contributed by atoms with E-state index in [2.05, 4.69) is 70.9 Å². The molecule has 2 unspecified atom stereocenters. The maximum absolute atomic E-state index is 5.60. The molecule has 0 aromatic carbocycles. The number of ether oxygens (including phenoxy) is 1. The number of halogens is 1. The quantitative estimate of drug-likeness (QED) is 0.324. The Morgan fingerprint density at radius 3 is 2.90 bits per heavy atom. The highest BCUT2D eigenvalue weighted by molar-refractivity contribution is 14.0. The van der Waals surface area contributed by atoms with Gasteiger partial charge < -0.3 is 20.3 Å². The molecule has 1 saturated heterocycles. The zero-order valence-electron chi connectivity index (χ0n) is 17.4. The molecule has 2 N–H and O–H groups in total. The van der Waals surface area contributed by atoms with E-state index in [1.54, 1.807) is 11.3 Å². The predicted octanol–water partition coefficient (Wildman–Crippen LogP) is 3.85. The van der Waals surface area contributed by atoms with Crippen molar-refractivity contribution in [1.29, 1.82) is 0 Å². The molecule has 1 aliphatic heterocycles. The fraction of sp³-hybridized carbons (Fsp3) is 0.524. The van der Waals surface area contributed by atoms with Gasteiger partial charge in [-0.1, -0.05) is 19.1 Å². The van der Waals surface area contributed by atoms with Crippen molar-refractivity contribution in [3.63, 3.8) is 0 Å². The van der Waals surface area contributed by atoms with E-state index in [-0.39, 0.29) is 30.1 Å². The van der Waals surface area contributed by atoms with Crippen LogP contribution in [-0.4, -0.2) is 49.8 Å². The van der Waals surface area contributed by atoms with Crippen LogP contribution in [0.1, 0.15) is 37.1 Å². The monoisotopic (exact) mass is 529 g/mol. The van der Waals surface area contributed by atoms with Crippen LogP contribution in [0.2, 0.25) is 0 Å². The molecule has 0 bridgehead atoms. The highest BCUT2D eigenvalue weighted by atomic mass is 127. The maximum Gasteiger partial charge on any atom is 0.191 e. The first kappa shape index (κ1) is 23.9. The summed E-state index contributed by atoms with van der Waals surface area (Å²) in [7, 11) is 0. The summed E-state index contributed by atoms with van der Waals surface area (Å²) < 4.78 is 5.60. The smallest absolute Gasteiger partial charge is 0.191 e. The molecule has 160 valence electrons. The maximum atomic E-state index is 5.60. The number of nitrogens with one attached hydrogen (secondary N) is 2. The van der Waals surface area contributed by atoms with E-state index < -0.39 is 0 Å². The fourth-order valence-corrected chi connectivity index (χ4v) is 3.94. The summed E-state index contributed by atoms with van der Waals surface area (Å²) in [4.78, 5) is 13.0. The number of pyridine rings is 1. The first-order chi connectivity index (χ1) is 13.7. The second kappa shape index (κ2) is 12.3. The molecule has 0 saturated carbocycles. The summed E-state index contributed by atoms with van der Waals surface area (Å²) in [6.45, 7) is 11.3. The van der Waals surface area contributed by atoms with Crippen LogP contribution in [0.25, 0.3) is 0 Å². The van der Waals surface area contributed by atoms with Crippen molar-refractivity contribution < 1.29 is 4.74 Å². The second-order valence-corrected chi connectivity index (χ2v) is 8.12. The standard InChI is InChI=1S/C21H31N5OS.HI/c1-4-22-21(24-12-16(2)19-6-5-11-28-19)25-14-18-7-8-20(23-13-18)26-9-10-27-17(3)15-26;/h5-8,11,13,16-17H,4,9-10,12,14-15H2,1-3H3,(H2,22,24,25);1H. The Hall–Kier alpha value is -1.39. The molecule has 2 aromatic heterocycles. The summed E-state index contributed by atoms with van der Waals surface area (Å²) in [6.07, 6.45) is 2.18. The van der Waals surface area contributed by atoms with Crippen LogP contribution < -0.4 is 15.5 Å². The second-order valence-electron chi connectivity index (χ2n) is 7.14. The Balaban J connectivity index is 0.00000300. The largest absolute Gasteiger partial charge is 0.375 e. The van der Waals surface area contributed by atoms with Crippen LogP contribution in [0, 0.1) is 0 Å². The molecule has 8 heteroatoms. The fourth-order valence-electron chi connectivity index (χ4n) is 3.16. The minimum absolute atomic E-state index is 0. The van der Waals surface area contributed by atoms with Crippen molar-refractivity contribution in [1.82, 2.24) is 15.6 Å². The summed E-state index contributed by atoms with van der Waals surface area (Å²) >= 11 is 1.80. The Morgan fingerprint density at radius 1 is 1.38 bits per heavy atom. The lowest BCUT2D eigenvalue weighted by atomic mass is 10.1. The van der Waals surface area contributed by atoms with Crippen molar-refractivity contribution in [2.45, 2.75) is 39.3 Å². The van der Waals surface area contributed by atoms with Crippen molar-refractivity contribution in [2.75, 3.05) is 37.7 Å². The molecular formula is C21H32IN5OS. The first-order valence-electron chi connectivity index (χ1n) is 10.0. The average molecular weight is 529 g/mol. The number of thiophene rings is 1. The van der Waals surface area contributed by atoms with Gasteiger partial charge >= 0.3 is 0 Å². The number of aliphatic imine (C=N–C) groups is 1. The number of hydrogen-bond acceptors (Lipinski definition) is 5. The van der Waals surface area contributed by atoms with E-state index in [1.807, 2.05) is 6.20 Å². The molecular weight excluding hydrogens is 497 g/mol. The van der Waals surface area contributed by atoms with Gasteiger partial charge in [-0.2, -0.15) is 0 Å². The number of rotatable bonds is 7. The van der Waals surface area contributed by atoms with Gasteiger partial charge in [0.15, 0.2) is 5.96 Å². The first-order valence-corrected chi connectivity index (χ1v) is 10.9. The predicted molar refractivity (Wildman–Crippen MR) is 133 cm³/mol. The molecule has 3 heterocycles. The summed E-state index contributed by atoms with van der Waals surface area (Å²) in [5, 5.41) is 8.90. The van der Waals surface area contributed by atoms with Crippen LogP contribution in [0.15, 0.2) is 40.8 Å². The van der Waals surface area contributed by atoms with Crippen LogP contribution >= 0.6 is 35.3 Å². The van der Waals surface area contributed by atoms with Gasteiger partial charge in [0.05, 0.1) is 19.3 Å². The molecule has 0 aliphatic carbocycles. The summed E-state index contributed by atoms with van der Waals surface area (Å²) in [5.41, 5.74) is 1.11. The van der Waals surface area contributed by atoms with E-state index in [1.165, 1.54) is 4.88 Å². The van der Waals surface area contributed by atoms with Gasteiger partial charge in [-0.25, -0.2) is 9.98 Å². The zero-order valence-corrected chi connectivity index (χ0v) is 20.6. The third-order valence-corrected chi connectivity index (χ3v) is 5.85. The molecule has 2 atom stereocenters. The molecule has 1 aliphatic rings. The van der Waals surface area contributed by atoms with Crippen molar-refractivity contribution >= 4 is 47.1 Å². The van der Waals surface area contributed by atoms with Crippen LogP contribution in [0.3, 0.4) is 0 Å². The number of hydrogen-bond donors (Lipinski definition) is 2. The molecule has 29 heavy (non-hydrogen) atoms. The van der Waals surface area contributed by atoms with E-state index in [0.717, 1.165) is 50.1 Å². The Morgan fingerprint density at radius 2 is 2.24 bits per heavy atom. The lowest BCUT2D eigenvalue weighted by Gasteiger charge is -2.32. The zero-order chi connectivity index (χ0) is 19.8. The van der Waals surface area contributed by atoms with Crippen LogP contribution in [0.4, 0.5) is 5.82 Å². The van der Waals surface area contributed by atoms with Gasteiger partial charge in [0.2, 0.25) is 0 Å².